The number of amides is 3. The van der Waals surface area contributed by atoms with Crippen LogP contribution in [0.5, 0.6) is 11.5 Å². The van der Waals surface area contributed by atoms with Gasteiger partial charge in [-0.2, -0.15) is 0 Å². The number of carbonyl (C=O) groups excluding carboxylic acids is 2. The Kier molecular flexibility index (Phi) is 8.36. The van der Waals surface area contributed by atoms with Crippen LogP contribution in [0.1, 0.15) is 44.2 Å². The molecule has 1 aliphatic heterocycles. The Morgan fingerprint density at radius 2 is 1.72 bits per heavy atom. The Morgan fingerprint density at radius 1 is 1.03 bits per heavy atom. The molecule has 172 valence electrons. The van der Waals surface area contributed by atoms with Crippen molar-refractivity contribution in [2.24, 2.45) is 5.92 Å². The van der Waals surface area contributed by atoms with Gasteiger partial charge in [-0.3, -0.25) is 4.79 Å². The summed E-state index contributed by atoms with van der Waals surface area (Å²) in [7, 11) is 3.14. The van der Waals surface area contributed by atoms with Gasteiger partial charge in [0.25, 0.3) is 0 Å². The zero-order valence-electron chi connectivity index (χ0n) is 19.1. The van der Waals surface area contributed by atoms with Crippen LogP contribution in [0.15, 0.2) is 48.5 Å². The summed E-state index contributed by atoms with van der Waals surface area (Å²) >= 11 is 0. The molecule has 3 amide bonds. The number of carbonyl (C=O) groups is 2. The Labute approximate surface area is 190 Å². The molecule has 2 aromatic rings. The maximum absolute atomic E-state index is 13.1. The molecule has 0 bridgehead atoms. The molecule has 2 aromatic carbocycles. The van der Waals surface area contributed by atoms with Crippen LogP contribution < -0.4 is 20.1 Å². The van der Waals surface area contributed by atoms with Crippen molar-refractivity contribution in [3.63, 3.8) is 0 Å². The van der Waals surface area contributed by atoms with E-state index in [4.69, 9.17) is 9.47 Å². The highest BCUT2D eigenvalue weighted by Gasteiger charge is 2.35. The van der Waals surface area contributed by atoms with Gasteiger partial charge >= 0.3 is 6.03 Å². The number of hydrogen-bond donors (Lipinski definition) is 2. The first-order chi connectivity index (χ1) is 15.5. The first-order valence-electron chi connectivity index (χ1n) is 11.2. The summed E-state index contributed by atoms with van der Waals surface area (Å²) in [6.45, 7) is 3.09. The van der Waals surface area contributed by atoms with Gasteiger partial charge in [0.05, 0.1) is 26.2 Å². The number of ether oxygens (including phenoxy) is 2. The molecule has 1 aliphatic rings. The highest BCUT2D eigenvalue weighted by molar-refractivity contribution is 5.93. The van der Waals surface area contributed by atoms with E-state index in [-0.39, 0.29) is 23.9 Å². The van der Waals surface area contributed by atoms with E-state index < -0.39 is 0 Å². The minimum atomic E-state index is -0.302. The number of hydrogen-bond acceptors (Lipinski definition) is 4. The lowest BCUT2D eigenvalue weighted by Crippen LogP contribution is -2.49. The van der Waals surface area contributed by atoms with Crippen molar-refractivity contribution in [1.29, 1.82) is 0 Å². The Balaban J connectivity index is 1.74. The van der Waals surface area contributed by atoms with E-state index in [9.17, 15) is 9.59 Å². The van der Waals surface area contributed by atoms with E-state index in [1.165, 1.54) is 0 Å². The highest BCUT2D eigenvalue weighted by atomic mass is 16.5. The number of urea groups is 1. The minimum Gasteiger partial charge on any atom is -0.497 e. The van der Waals surface area contributed by atoms with Crippen molar-refractivity contribution in [3.05, 3.63) is 54.1 Å². The van der Waals surface area contributed by atoms with Crippen molar-refractivity contribution in [3.8, 4) is 11.5 Å². The Morgan fingerprint density at radius 3 is 2.34 bits per heavy atom. The van der Waals surface area contributed by atoms with Crippen LogP contribution in [0.2, 0.25) is 0 Å². The summed E-state index contributed by atoms with van der Waals surface area (Å²) in [6, 6.07) is 15.1. The number of benzene rings is 2. The number of rotatable bonds is 8. The van der Waals surface area contributed by atoms with Gasteiger partial charge in [-0.25, -0.2) is 4.79 Å². The summed E-state index contributed by atoms with van der Waals surface area (Å²) in [5, 5.41) is 5.98. The van der Waals surface area contributed by atoms with Crippen molar-refractivity contribution >= 4 is 17.6 Å². The fraction of sp³-hybridized carbons (Fsp3) is 0.440. The third kappa shape index (κ3) is 5.93. The van der Waals surface area contributed by atoms with Crippen LogP contribution in [-0.2, 0) is 4.79 Å². The van der Waals surface area contributed by atoms with Gasteiger partial charge in [0.15, 0.2) is 0 Å². The average molecular weight is 440 g/mol. The monoisotopic (exact) mass is 439 g/mol. The van der Waals surface area contributed by atoms with E-state index in [0.29, 0.717) is 36.7 Å². The number of unbranched alkanes of at least 4 members (excludes halogenated alkanes) is 1. The molecule has 2 atom stereocenters. The second-order valence-corrected chi connectivity index (χ2v) is 8.03. The van der Waals surface area contributed by atoms with Crippen molar-refractivity contribution in [1.82, 2.24) is 10.2 Å². The summed E-state index contributed by atoms with van der Waals surface area (Å²) in [5.74, 6) is 0.788. The van der Waals surface area contributed by atoms with Gasteiger partial charge in [-0.1, -0.05) is 43.7 Å². The third-order valence-corrected chi connectivity index (χ3v) is 5.82. The first kappa shape index (κ1) is 23.4. The van der Waals surface area contributed by atoms with Crippen LogP contribution in [0.4, 0.5) is 10.5 Å². The van der Waals surface area contributed by atoms with Gasteiger partial charge in [0, 0.05) is 37.0 Å². The number of nitrogens with one attached hydrogen (secondary N) is 2. The second kappa shape index (κ2) is 11.4. The number of anilines is 1. The lowest BCUT2D eigenvalue weighted by atomic mass is 9.88. The lowest BCUT2D eigenvalue weighted by molar-refractivity contribution is -0.121. The highest BCUT2D eigenvalue weighted by Crippen LogP contribution is 2.34. The SMILES string of the molecule is CCCCNC(=O)N1C[C@H](C(=O)Nc2cc(OC)cc(OC)c2)CC[C@@H]1c1ccccc1. The van der Waals surface area contributed by atoms with E-state index in [2.05, 4.69) is 17.6 Å². The number of likely N-dealkylation sites (tertiary alicyclic amines) is 1. The molecule has 0 unspecified atom stereocenters. The fourth-order valence-electron chi connectivity index (χ4n) is 4.03. The zero-order valence-corrected chi connectivity index (χ0v) is 19.1. The second-order valence-electron chi connectivity index (χ2n) is 8.03. The molecule has 7 heteroatoms. The summed E-state index contributed by atoms with van der Waals surface area (Å²) < 4.78 is 10.6. The molecule has 32 heavy (non-hydrogen) atoms. The fourth-order valence-corrected chi connectivity index (χ4v) is 4.03. The standard InChI is InChI=1S/C25H33N3O4/c1-4-5-13-26-25(30)28-17-19(11-12-23(28)18-9-7-6-8-10-18)24(29)27-20-14-21(31-2)16-22(15-20)32-3/h6-10,14-16,19,23H,4-5,11-13,17H2,1-3H3,(H,26,30)(H,27,29)/t19-,23-/m1/s1. The minimum absolute atomic E-state index is 0.0428. The summed E-state index contributed by atoms with van der Waals surface area (Å²) in [5.41, 5.74) is 1.70. The molecule has 7 nitrogen and oxygen atoms in total. The van der Waals surface area contributed by atoms with Crippen LogP contribution >= 0.6 is 0 Å². The molecule has 1 heterocycles. The maximum Gasteiger partial charge on any atom is 0.317 e. The van der Waals surface area contributed by atoms with Crippen molar-refractivity contribution in [2.45, 2.75) is 38.6 Å². The predicted octanol–water partition coefficient (Wildman–Crippen LogP) is 4.61. The molecule has 0 spiro atoms. The normalized spacial score (nSPS) is 18.0. The number of nitrogens with zero attached hydrogens (tertiary/aromatic N) is 1. The number of piperidine rings is 1. The van der Waals surface area contributed by atoms with Gasteiger partial charge in [-0.15, -0.1) is 0 Å². The van der Waals surface area contributed by atoms with Gasteiger partial charge < -0.3 is 25.0 Å². The molecular formula is C25H33N3O4. The van der Waals surface area contributed by atoms with Crippen LogP contribution in [0.25, 0.3) is 0 Å². The predicted molar refractivity (Wildman–Crippen MR) is 125 cm³/mol. The first-order valence-corrected chi connectivity index (χ1v) is 11.2. The maximum atomic E-state index is 13.1. The Bertz CT molecular complexity index is 881. The van der Waals surface area contributed by atoms with Gasteiger partial charge in [0.2, 0.25) is 5.91 Å². The molecule has 0 aromatic heterocycles. The molecular weight excluding hydrogens is 406 g/mol. The van der Waals surface area contributed by atoms with E-state index in [0.717, 1.165) is 24.8 Å². The van der Waals surface area contributed by atoms with Crippen LogP contribution in [0, 0.1) is 5.92 Å². The van der Waals surface area contributed by atoms with Crippen molar-refractivity contribution in [2.75, 3.05) is 32.6 Å². The smallest absolute Gasteiger partial charge is 0.317 e. The molecule has 1 saturated heterocycles. The molecule has 2 N–H and O–H groups in total. The largest absolute Gasteiger partial charge is 0.497 e. The van der Waals surface area contributed by atoms with Gasteiger partial charge in [-0.05, 0) is 24.8 Å². The van der Waals surface area contributed by atoms with Crippen molar-refractivity contribution < 1.29 is 19.1 Å². The van der Waals surface area contributed by atoms with Gasteiger partial charge in [0.1, 0.15) is 11.5 Å². The molecule has 0 aliphatic carbocycles. The molecule has 0 saturated carbocycles. The quantitative estimate of drug-likeness (QED) is 0.589. The number of methoxy groups -OCH3 is 2. The Hall–Kier alpha value is -3.22. The summed E-state index contributed by atoms with van der Waals surface area (Å²) in [6.07, 6.45) is 3.37. The average Bonchev–Trinajstić information content (AvgIpc) is 2.83. The van der Waals surface area contributed by atoms with E-state index in [1.54, 1.807) is 32.4 Å². The summed E-state index contributed by atoms with van der Waals surface area (Å²) in [4.78, 5) is 27.9. The van der Waals surface area contributed by atoms with E-state index >= 15 is 0 Å². The lowest BCUT2D eigenvalue weighted by Gasteiger charge is -2.39. The third-order valence-electron chi connectivity index (χ3n) is 5.82. The molecule has 3 rings (SSSR count). The molecule has 1 fully saturated rings. The zero-order chi connectivity index (χ0) is 22.9. The topological polar surface area (TPSA) is 79.9 Å². The molecule has 0 radical (unpaired) electrons. The van der Waals surface area contributed by atoms with Crippen LogP contribution in [-0.4, -0.2) is 44.1 Å². The van der Waals surface area contributed by atoms with Crippen LogP contribution in [0.3, 0.4) is 0 Å². The van der Waals surface area contributed by atoms with E-state index in [1.807, 2.05) is 35.2 Å².